The molecule has 9 heteroatoms. The molecule has 0 aliphatic rings. The van der Waals surface area contributed by atoms with Crippen molar-refractivity contribution in [3.05, 3.63) is 39.5 Å². The van der Waals surface area contributed by atoms with E-state index in [0.29, 0.717) is 10.2 Å². The highest BCUT2D eigenvalue weighted by molar-refractivity contribution is 9.10. The zero-order valence-electron chi connectivity index (χ0n) is 10.7. The maximum absolute atomic E-state index is 12.7. The smallest absolute Gasteiger partial charge is 0.382 e. The molecule has 0 saturated heterocycles. The number of H-pyrrole nitrogens is 1. The first-order valence-corrected chi connectivity index (χ1v) is 6.48. The molecule has 0 bridgehead atoms. The molecular weight excluding hydrogens is 353 g/mol. The molecule has 1 heterocycles. The van der Waals surface area contributed by atoms with Crippen molar-refractivity contribution in [3.63, 3.8) is 0 Å². The van der Waals surface area contributed by atoms with Gasteiger partial charge in [0.05, 0.1) is 11.3 Å². The molecule has 0 radical (unpaired) electrons. The Balaban J connectivity index is 2.34. The van der Waals surface area contributed by atoms with Crippen LogP contribution < -0.4 is 11.1 Å². The van der Waals surface area contributed by atoms with E-state index in [0.717, 1.165) is 12.1 Å². The number of amides is 1. The van der Waals surface area contributed by atoms with Crippen LogP contribution >= 0.6 is 15.9 Å². The Bertz CT molecular complexity index is 677. The second-order valence-electron chi connectivity index (χ2n) is 4.26. The third-order valence-electron chi connectivity index (χ3n) is 2.74. The number of aromatic nitrogens is 2. The predicted molar refractivity (Wildman–Crippen MR) is 74.8 cm³/mol. The van der Waals surface area contributed by atoms with Gasteiger partial charge in [-0.25, -0.2) is 0 Å². The molecule has 1 amide bonds. The van der Waals surface area contributed by atoms with E-state index < -0.39 is 17.6 Å². The fraction of sp³-hybridized carbons (Fsp3) is 0.167. The monoisotopic (exact) mass is 362 g/mol. The zero-order valence-corrected chi connectivity index (χ0v) is 12.3. The van der Waals surface area contributed by atoms with Gasteiger partial charge in [-0.05, 0) is 41.1 Å². The number of aromatic amines is 1. The first kappa shape index (κ1) is 15.4. The summed E-state index contributed by atoms with van der Waals surface area (Å²) in [5.41, 5.74) is 5.19. The summed E-state index contributed by atoms with van der Waals surface area (Å²) in [7, 11) is 0. The van der Waals surface area contributed by atoms with Crippen LogP contribution in [-0.2, 0) is 6.18 Å². The Hall–Kier alpha value is -2.03. The van der Waals surface area contributed by atoms with Crippen molar-refractivity contribution < 1.29 is 18.0 Å². The lowest BCUT2D eigenvalue weighted by Gasteiger charge is -2.11. The van der Waals surface area contributed by atoms with Gasteiger partial charge in [0, 0.05) is 10.2 Å². The van der Waals surface area contributed by atoms with Crippen molar-refractivity contribution in [2.45, 2.75) is 13.1 Å². The Labute approximate surface area is 125 Å². The van der Waals surface area contributed by atoms with E-state index in [-0.39, 0.29) is 17.1 Å². The highest BCUT2D eigenvalue weighted by Crippen LogP contribution is 2.34. The van der Waals surface area contributed by atoms with Crippen molar-refractivity contribution in [2.75, 3.05) is 11.1 Å². The van der Waals surface area contributed by atoms with E-state index in [9.17, 15) is 18.0 Å². The zero-order chi connectivity index (χ0) is 15.8. The highest BCUT2D eigenvalue weighted by atomic mass is 79.9. The van der Waals surface area contributed by atoms with Gasteiger partial charge in [0.2, 0.25) is 0 Å². The maximum Gasteiger partial charge on any atom is 0.416 e. The van der Waals surface area contributed by atoms with Crippen LogP contribution in [0.5, 0.6) is 0 Å². The fourth-order valence-electron chi connectivity index (χ4n) is 1.72. The number of hydrogen-bond acceptors (Lipinski definition) is 3. The largest absolute Gasteiger partial charge is 0.416 e. The average Bonchev–Trinajstić information content (AvgIpc) is 2.70. The summed E-state index contributed by atoms with van der Waals surface area (Å²) >= 11 is 3.09. The number of hydrogen-bond donors (Lipinski definition) is 3. The normalized spacial score (nSPS) is 11.5. The Morgan fingerprint density at radius 2 is 2.10 bits per heavy atom. The number of benzene rings is 1. The lowest BCUT2D eigenvalue weighted by molar-refractivity contribution is -0.137. The molecule has 0 atom stereocenters. The Morgan fingerprint density at radius 3 is 2.62 bits per heavy atom. The number of nitrogens with zero attached hydrogens (tertiary/aromatic N) is 1. The first-order chi connectivity index (χ1) is 9.70. The second kappa shape index (κ2) is 5.40. The van der Waals surface area contributed by atoms with Gasteiger partial charge in [-0.2, -0.15) is 18.3 Å². The number of nitrogens with one attached hydrogen (secondary N) is 2. The Morgan fingerprint density at radius 1 is 1.43 bits per heavy atom. The number of halogens is 4. The summed E-state index contributed by atoms with van der Waals surface area (Å²) in [4.78, 5) is 12.1. The molecular formula is C12H10BrF3N4O. The summed E-state index contributed by atoms with van der Waals surface area (Å²) in [6.07, 6.45) is -4.50. The standard InChI is InChI=1S/C12H10BrF3N4O/c1-5-9(10(17)20-19-5)11(21)18-8-4-6(12(14,15)16)2-3-7(8)13/h2-4H,1H3,(H,18,21)(H3,17,19,20). The van der Waals surface area contributed by atoms with Gasteiger partial charge in [0.1, 0.15) is 5.56 Å². The molecule has 1 aromatic heterocycles. The van der Waals surface area contributed by atoms with Gasteiger partial charge < -0.3 is 11.1 Å². The van der Waals surface area contributed by atoms with E-state index in [1.807, 2.05) is 0 Å². The second-order valence-corrected chi connectivity index (χ2v) is 5.11. The molecule has 0 unspecified atom stereocenters. The number of aryl methyl sites for hydroxylation is 1. The Kier molecular flexibility index (Phi) is 3.95. The average molecular weight is 363 g/mol. The molecule has 112 valence electrons. The van der Waals surface area contributed by atoms with Gasteiger partial charge in [0.15, 0.2) is 5.82 Å². The molecule has 1 aromatic carbocycles. The highest BCUT2D eigenvalue weighted by Gasteiger charge is 2.31. The summed E-state index contributed by atoms with van der Waals surface area (Å²) in [6.45, 7) is 1.58. The number of nitrogens with two attached hydrogens (primary N) is 1. The van der Waals surface area contributed by atoms with E-state index >= 15 is 0 Å². The fourth-order valence-corrected chi connectivity index (χ4v) is 2.06. The topological polar surface area (TPSA) is 83.8 Å². The summed E-state index contributed by atoms with van der Waals surface area (Å²) in [5, 5.41) is 8.57. The molecule has 0 aliphatic carbocycles. The van der Waals surface area contributed by atoms with Crippen molar-refractivity contribution in [1.29, 1.82) is 0 Å². The quantitative estimate of drug-likeness (QED) is 0.765. The minimum Gasteiger partial charge on any atom is -0.382 e. The van der Waals surface area contributed by atoms with Gasteiger partial charge in [-0.15, -0.1) is 0 Å². The molecule has 0 saturated carbocycles. The number of alkyl halides is 3. The minimum absolute atomic E-state index is 0.00479. The molecule has 5 nitrogen and oxygen atoms in total. The van der Waals surface area contributed by atoms with Crippen molar-refractivity contribution >= 4 is 33.3 Å². The molecule has 0 fully saturated rings. The van der Waals surface area contributed by atoms with Crippen LogP contribution in [0.1, 0.15) is 21.6 Å². The van der Waals surface area contributed by atoms with Crippen molar-refractivity contribution in [3.8, 4) is 0 Å². The molecule has 21 heavy (non-hydrogen) atoms. The van der Waals surface area contributed by atoms with Gasteiger partial charge >= 0.3 is 6.18 Å². The van der Waals surface area contributed by atoms with Crippen molar-refractivity contribution in [2.24, 2.45) is 0 Å². The van der Waals surface area contributed by atoms with Gasteiger partial charge in [-0.1, -0.05) is 0 Å². The van der Waals surface area contributed by atoms with Gasteiger partial charge in [-0.3, -0.25) is 9.89 Å². The number of carbonyl (C=O) groups excluding carboxylic acids is 1. The summed E-state index contributed by atoms with van der Waals surface area (Å²) in [6, 6.07) is 2.97. The summed E-state index contributed by atoms with van der Waals surface area (Å²) in [5.74, 6) is -0.660. The maximum atomic E-state index is 12.7. The van der Waals surface area contributed by atoms with Crippen molar-refractivity contribution in [1.82, 2.24) is 10.2 Å². The third kappa shape index (κ3) is 3.18. The third-order valence-corrected chi connectivity index (χ3v) is 3.44. The molecule has 2 aromatic rings. The first-order valence-electron chi connectivity index (χ1n) is 5.68. The molecule has 0 aliphatic heterocycles. The SMILES string of the molecule is Cc1[nH]nc(N)c1C(=O)Nc1cc(C(F)(F)F)ccc1Br. The van der Waals surface area contributed by atoms with Crippen LogP contribution in [0.2, 0.25) is 0 Å². The van der Waals surface area contributed by atoms with E-state index in [2.05, 4.69) is 31.4 Å². The van der Waals surface area contributed by atoms with Gasteiger partial charge in [0.25, 0.3) is 5.91 Å². The molecule has 4 N–H and O–H groups in total. The van der Waals surface area contributed by atoms with E-state index in [1.165, 1.54) is 6.07 Å². The van der Waals surface area contributed by atoms with Crippen LogP contribution in [0.3, 0.4) is 0 Å². The lowest BCUT2D eigenvalue weighted by Crippen LogP contribution is -2.15. The van der Waals surface area contributed by atoms with Crippen LogP contribution in [0, 0.1) is 6.92 Å². The predicted octanol–water partition coefficient (Wildman–Crippen LogP) is 3.33. The minimum atomic E-state index is -4.50. The number of rotatable bonds is 2. The number of nitrogen functional groups attached to an aromatic ring is 1. The summed E-state index contributed by atoms with van der Waals surface area (Å²) < 4.78 is 38.3. The van der Waals surface area contributed by atoms with Crippen LogP contribution in [0.15, 0.2) is 22.7 Å². The molecule has 2 rings (SSSR count). The number of carbonyl (C=O) groups is 1. The van der Waals surface area contributed by atoms with Crippen LogP contribution in [0.25, 0.3) is 0 Å². The lowest BCUT2D eigenvalue weighted by atomic mass is 10.1. The van der Waals surface area contributed by atoms with Crippen LogP contribution in [0.4, 0.5) is 24.7 Å². The number of anilines is 2. The molecule has 0 spiro atoms. The van der Waals surface area contributed by atoms with Crippen LogP contribution in [-0.4, -0.2) is 16.1 Å². The van der Waals surface area contributed by atoms with E-state index in [4.69, 9.17) is 5.73 Å². The van der Waals surface area contributed by atoms with E-state index in [1.54, 1.807) is 6.92 Å².